The lowest BCUT2D eigenvalue weighted by Crippen LogP contribution is -2.23. The van der Waals surface area contributed by atoms with Crippen LogP contribution in [0.2, 0.25) is 0 Å². The summed E-state index contributed by atoms with van der Waals surface area (Å²) in [7, 11) is 1.59. The molecule has 1 heterocycles. The molecule has 0 amide bonds. The molecule has 0 bridgehead atoms. The zero-order valence-electron chi connectivity index (χ0n) is 13.6. The number of aliphatic carboxylic acids is 1. The molecule has 1 saturated heterocycles. The Labute approximate surface area is 140 Å². The molecular formula is C17H22O7. The fourth-order valence-electron chi connectivity index (χ4n) is 2.23. The summed E-state index contributed by atoms with van der Waals surface area (Å²) in [6, 6.07) is 5.71. The second-order valence-electron chi connectivity index (χ2n) is 5.22. The first-order valence-corrected chi connectivity index (χ1v) is 7.59. The van der Waals surface area contributed by atoms with Crippen LogP contribution in [-0.2, 0) is 25.4 Å². The van der Waals surface area contributed by atoms with Gasteiger partial charge in [-0.2, -0.15) is 0 Å². The van der Waals surface area contributed by atoms with Gasteiger partial charge >= 0.3 is 5.97 Å². The number of carboxylic acids is 1. The molecule has 1 aliphatic rings. The summed E-state index contributed by atoms with van der Waals surface area (Å²) < 4.78 is 27.0. The highest BCUT2D eigenvalue weighted by atomic mass is 16.7. The number of ether oxygens (including phenoxy) is 5. The standard InChI is InChI=1S/C17H22O7/c1-3-4-12-5-6-14(15(7-12)20-2)22-8-13-9-23-17(24-13)11-21-10-16(18)19/h3,5-7,13,17H,1,4,8-11H2,2H3,(H,18,19). The second-order valence-corrected chi connectivity index (χ2v) is 5.22. The lowest BCUT2D eigenvalue weighted by molar-refractivity contribution is -0.148. The molecule has 24 heavy (non-hydrogen) atoms. The molecule has 1 aromatic rings. The zero-order chi connectivity index (χ0) is 17.4. The largest absolute Gasteiger partial charge is 0.493 e. The topological polar surface area (TPSA) is 83.5 Å². The van der Waals surface area contributed by atoms with Gasteiger partial charge in [0.15, 0.2) is 17.8 Å². The molecule has 1 aliphatic heterocycles. The molecule has 2 rings (SSSR count). The van der Waals surface area contributed by atoms with Crippen LogP contribution in [0.15, 0.2) is 30.9 Å². The summed E-state index contributed by atoms with van der Waals surface area (Å²) in [6.07, 6.45) is 1.76. The number of hydrogen-bond donors (Lipinski definition) is 1. The fraction of sp³-hybridized carbons (Fsp3) is 0.471. The Bertz CT molecular complexity index is 558. The van der Waals surface area contributed by atoms with Crippen molar-refractivity contribution >= 4 is 5.97 Å². The van der Waals surface area contributed by atoms with Gasteiger partial charge in [-0.25, -0.2) is 4.79 Å². The average molecular weight is 338 g/mol. The van der Waals surface area contributed by atoms with Crippen LogP contribution in [0.3, 0.4) is 0 Å². The number of hydrogen-bond acceptors (Lipinski definition) is 6. The monoisotopic (exact) mass is 338 g/mol. The van der Waals surface area contributed by atoms with Crippen molar-refractivity contribution in [1.82, 2.24) is 0 Å². The normalized spacial score (nSPS) is 19.9. The van der Waals surface area contributed by atoms with Gasteiger partial charge in [0.25, 0.3) is 0 Å². The first-order valence-electron chi connectivity index (χ1n) is 7.59. The predicted octanol–water partition coefficient (Wildman–Crippen LogP) is 1.65. The maximum Gasteiger partial charge on any atom is 0.329 e. The van der Waals surface area contributed by atoms with E-state index in [9.17, 15) is 4.79 Å². The Kier molecular flexibility index (Phi) is 7.05. The van der Waals surface area contributed by atoms with E-state index < -0.39 is 12.3 Å². The maximum absolute atomic E-state index is 10.4. The minimum absolute atomic E-state index is 0.0718. The molecule has 7 heteroatoms. The van der Waals surface area contributed by atoms with Crippen LogP contribution in [0.5, 0.6) is 11.5 Å². The van der Waals surface area contributed by atoms with Crippen LogP contribution >= 0.6 is 0 Å². The minimum Gasteiger partial charge on any atom is -0.493 e. The molecule has 0 radical (unpaired) electrons. The van der Waals surface area contributed by atoms with Gasteiger partial charge < -0.3 is 28.8 Å². The van der Waals surface area contributed by atoms with Gasteiger partial charge in [-0.15, -0.1) is 6.58 Å². The molecule has 2 unspecified atom stereocenters. The van der Waals surface area contributed by atoms with Gasteiger partial charge in [-0.3, -0.25) is 0 Å². The summed E-state index contributed by atoms with van der Waals surface area (Å²) in [5.74, 6) is 0.244. The number of benzene rings is 1. The minimum atomic E-state index is -1.03. The Morgan fingerprint density at radius 1 is 1.42 bits per heavy atom. The van der Waals surface area contributed by atoms with E-state index in [0.717, 1.165) is 12.0 Å². The third-order valence-corrected chi connectivity index (χ3v) is 3.32. The first kappa shape index (κ1) is 18.3. The van der Waals surface area contributed by atoms with Gasteiger partial charge in [-0.05, 0) is 24.1 Å². The summed E-state index contributed by atoms with van der Waals surface area (Å²) in [5, 5.41) is 8.51. The molecule has 0 aromatic heterocycles. The highest BCUT2D eigenvalue weighted by molar-refractivity contribution is 5.67. The Morgan fingerprint density at radius 2 is 2.25 bits per heavy atom. The van der Waals surface area contributed by atoms with E-state index in [1.807, 2.05) is 24.3 Å². The van der Waals surface area contributed by atoms with E-state index in [1.165, 1.54) is 0 Å². The quantitative estimate of drug-likeness (QED) is 0.649. The van der Waals surface area contributed by atoms with Crippen molar-refractivity contribution in [3.05, 3.63) is 36.4 Å². The smallest absolute Gasteiger partial charge is 0.329 e. The van der Waals surface area contributed by atoms with E-state index >= 15 is 0 Å². The van der Waals surface area contributed by atoms with Crippen LogP contribution in [0, 0.1) is 0 Å². The van der Waals surface area contributed by atoms with Crippen molar-refractivity contribution in [2.45, 2.75) is 18.8 Å². The number of carbonyl (C=O) groups is 1. The molecule has 2 atom stereocenters. The summed E-state index contributed by atoms with van der Waals surface area (Å²) in [4.78, 5) is 10.4. The predicted molar refractivity (Wildman–Crippen MR) is 85.5 cm³/mol. The molecule has 1 N–H and O–H groups in total. The molecule has 1 aromatic carbocycles. The summed E-state index contributed by atoms with van der Waals surface area (Å²) in [5.41, 5.74) is 1.09. The molecule has 7 nitrogen and oxygen atoms in total. The number of methoxy groups -OCH3 is 1. The fourth-order valence-corrected chi connectivity index (χ4v) is 2.23. The van der Waals surface area contributed by atoms with Gasteiger partial charge in [0.1, 0.15) is 19.3 Å². The molecule has 1 fully saturated rings. The van der Waals surface area contributed by atoms with Crippen molar-refractivity contribution < 1.29 is 33.6 Å². The van der Waals surface area contributed by atoms with Crippen molar-refractivity contribution in [3.8, 4) is 11.5 Å². The molecular weight excluding hydrogens is 316 g/mol. The Morgan fingerprint density at radius 3 is 2.96 bits per heavy atom. The third-order valence-electron chi connectivity index (χ3n) is 3.32. The number of allylic oxidation sites excluding steroid dienone is 1. The van der Waals surface area contributed by atoms with Crippen LogP contribution in [0.4, 0.5) is 0 Å². The van der Waals surface area contributed by atoms with Crippen molar-refractivity contribution in [2.24, 2.45) is 0 Å². The lowest BCUT2D eigenvalue weighted by Gasteiger charge is -2.15. The third kappa shape index (κ3) is 5.52. The summed E-state index contributed by atoms with van der Waals surface area (Å²) in [6.45, 7) is 4.07. The van der Waals surface area contributed by atoms with Crippen LogP contribution in [0.1, 0.15) is 5.56 Å². The van der Waals surface area contributed by atoms with Crippen LogP contribution in [-0.4, -0.2) is 57.0 Å². The van der Waals surface area contributed by atoms with E-state index in [-0.39, 0.29) is 19.3 Å². The van der Waals surface area contributed by atoms with Crippen molar-refractivity contribution in [3.63, 3.8) is 0 Å². The van der Waals surface area contributed by atoms with E-state index in [4.69, 9.17) is 28.8 Å². The van der Waals surface area contributed by atoms with E-state index in [1.54, 1.807) is 7.11 Å². The molecule has 0 saturated carbocycles. The van der Waals surface area contributed by atoms with Crippen LogP contribution < -0.4 is 9.47 Å². The van der Waals surface area contributed by atoms with Crippen LogP contribution in [0.25, 0.3) is 0 Å². The molecule has 0 spiro atoms. The van der Waals surface area contributed by atoms with E-state index in [2.05, 4.69) is 6.58 Å². The van der Waals surface area contributed by atoms with Gasteiger partial charge in [-0.1, -0.05) is 12.1 Å². The first-order chi connectivity index (χ1) is 11.6. The van der Waals surface area contributed by atoms with Gasteiger partial charge in [0, 0.05) is 0 Å². The molecule has 132 valence electrons. The highest BCUT2D eigenvalue weighted by Crippen LogP contribution is 2.29. The van der Waals surface area contributed by atoms with Gasteiger partial charge in [0.2, 0.25) is 0 Å². The average Bonchev–Trinajstić information content (AvgIpc) is 3.01. The van der Waals surface area contributed by atoms with Gasteiger partial charge in [0.05, 0.1) is 20.3 Å². The highest BCUT2D eigenvalue weighted by Gasteiger charge is 2.27. The van der Waals surface area contributed by atoms with E-state index in [0.29, 0.717) is 24.7 Å². The lowest BCUT2D eigenvalue weighted by atomic mass is 10.1. The van der Waals surface area contributed by atoms with Crippen molar-refractivity contribution in [1.29, 1.82) is 0 Å². The zero-order valence-corrected chi connectivity index (χ0v) is 13.6. The van der Waals surface area contributed by atoms with Crippen molar-refractivity contribution in [2.75, 3.05) is 33.5 Å². The summed E-state index contributed by atoms with van der Waals surface area (Å²) >= 11 is 0. The maximum atomic E-state index is 10.4. The SMILES string of the molecule is C=CCc1ccc(OCC2COC(COCC(=O)O)O2)c(OC)c1. The molecule has 0 aliphatic carbocycles. The number of carboxylic acid groups (broad SMARTS) is 1. The second kappa shape index (κ2) is 9.27. The Balaban J connectivity index is 1.79. The Hall–Kier alpha value is -2.09. The number of rotatable bonds is 10.